The first-order chi connectivity index (χ1) is 16.0. The van der Waals surface area contributed by atoms with Gasteiger partial charge >= 0.3 is 0 Å². The predicted molar refractivity (Wildman–Crippen MR) is 120 cm³/mol. The summed E-state index contributed by atoms with van der Waals surface area (Å²) in [5.74, 6) is 0.0860. The van der Waals surface area contributed by atoms with Crippen LogP contribution in [0.2, 0.25) is 5.15 Å². The zero-order valence-corrected chi connectivity index (χ0v) is 18.1. The Morgan fingerprint density at radius 2 is 2.03 bits per heavy atom. The second kappa shape index (κ2) is 7.31. The number of aromatic nitrogens is 3. The van der Waals surface area contributed by atoms with Gasteiger partial charge in [-0.15, -0.1) is 0 Å². The molecule has 166 valence electrons. The molecule has 0 unspecified atom stereocenters. The smallest absolute Gasteiger partial charge is 0.291 e. The lowest BCUT2D eigenvalue weighted by molar-refractivity contribution is 0.0872. The van der Waals surface area contributed by atoms with Gasteiger partial charge in [0.05, 0.1) is 16.6 Å². The molecule has 11 heteroatoms. The molecule has 6 rings (SSSR count). The molecule has 0 radical (unpaired) electrons. The van der Waals surface area contributed by atoms with Crippen LogP contribution in [-0.2, 0) is 0 Å². The number of pyridine rings is 1. The van der Waals surface area contributed by atoms with Crippen LogP contribution in [-0.4, -0.2) is 57.3 Å². The minimum absolute atomic E-state index is 0.0165. The number of fused-ring (bicyclic) bond motifs is 5. The number of amides is 2. The number of hydrogen-bond acceptors (Lipinski definition) is 8. The second-order valence-corrected chi connectivity index (χ2v) is 8.35. The van der Waals surface area contributed by atoms with E-state index in [1.54, 1.807) is 23.1 Å². The van der Waals surface area contributed by atoms with Gasteiger partial charge in [-0.1, -0.05) is 11.6 Å². The highest BCUT2D eigenvalue weighted by Crippen LogP contribution is 2.37. The van der Waals surface area contributed by atoms with Gasteiger partial charge in [-0.05, 0) is 25.1 Å². The number of furan rings is 1. The van der Waals surface area contributed by atoms with E-state index in [1.807, 2.05) is 13.0 Å². The predicted octanol–water partition coefficient (Wildman–Crippen LogP) is 3.22. The summed E-state index contributed by atoms with van der Waals surface area (Å²) in [5.41, 5.74) is 1.87. The van der Waals surface area contributed by atoms with E-state index in [1.165, 1.54) is 6.07 Å². The first-order valence-corrected chi connectivity index (χ1v) is 10.8. The molecule has 10 nitrogen and oxygen atoms in total. The Morgan fingerprint density at radius 3 is 2.85 bits per heavy atom. The summed E-state index contributed by atoms with van der Waals surface area (Å²) in [6.07, 6.45) is 0. The molecule has 2 aliphatic heterocycles. The van der Waals surface area contributed by atoms with Crippen molar-refractivity contribution in [1.29, 1.82) is 0 Å². The summed E-state index contributed by atoms with van der Waals surface area (Å²) in [7, 11) is 0. The normalized spacial score (nSPS) is 17.3. The number of ether oxygens (including phenoxy) is 1. The molecule has 1 aromatic carbocycles. The Labute approximate surface area is 191 Å². The number of hydrogen-bond donors (Lipinski definition) is 2. The number of nitrogens with one attached hydrogen (secondary N) is 2. The summed E-state index contributed by atoms with van der Waals surface area (Å²) in [5, 5.41) is 7.89. The van der Waals surface area contributed by atoms with Crippen molar-refractivity contribution in [1.82, 2.24) is 25.2 Å². The van der Waals surface area contributed by atoms with Crippen molar-refractivity contribution in [2.24, 2.45) is 0 Å². The lowest BCUT2D eigenvalue weighted by Gasteiger charge is -2.10. The summed E-state index contributed by atoms with van der Waals surface area (Å²) in [6.45, 7) is 3.85. The van der Waals surface area contributed by atoms with Crippen molar-refractivity contribution in [2.45, 2.75) is 13.0 Å². The van der Waals surface area contributed by atoms with Crippen LogP contribution in [0.25, 0.3) is 21.9 Å². The van der Waals surface area contributed by atoms with Gasteiger partial charge in [0.1, 0.15) is 10.7 Å². The van der Waals surface area contributed by atoms with E-state index in [2.05, 4.69) is 25.6 Å². The van der Waals surface area contributed by atoms with Gasteiger partial charge in [-0.2, -0.15) is 4.98 Å². The summed E-state index contributed by atoms with van der Waals surface area (Å²) in [4.78, 5) is 39.1. The number of carbonyl (C=O) groups is 2. The van der Waals surface area contributed by atoms with Gasteiger partial charge in [0, 0.05) is 43.2 Å². The Hall–Kier alpha value is -3.92. The molecule has 0 bridgehead atoms. The first kappa shape index (κ1) is 19.7. The second-order valence-electron chi connectivity index (χ2n) is 7.96. The molecule has 1 fully saturated rings. The number of halogens is 1. The maximum atomic E-state index is 12.5. The molecular formula is C22H17ClN6O4. The average Bonchev–Trinajstić information content (AvgIpc) is 3.58. The lowest BCUT2D eigenvalue weighted by Crippen LogP contribution is -2.34. The van der Waals surface area contributed by atoms with Crippen LogP contribution in [0.3, 0.4) is 0 Å². The minimum Gasteiger partial charge on any atom is -0.449 e. The minimum atomic E-state index is -0.289. The van der Waals surface area contributed by atoms with Crippen LogP contribution in [0.1, 0.15) is 28.1 Å². The molecule has 4 aromatic rings. The molecule has 2 N–H and O–H groups in total. The number of nitrogens with zero attached hydrogens (tertiary/aromatic N) is 4. The third-order valence-corrected chi connectivity index (χ3v) is 5.67. The number of carbonyl (C=O) groups excluding carboxylic acids is 2. The zero-order chi connectivity index (χ0) is 22.7. The van der Waals surface area contributed by atoms with Gasteiger partial charge in [0.2, 0.25) is 23.3 Å². The summed E-state index contributed by atoms with van der Waals surface area (Å²) in [6, 6.07) is 8.48. The molecular weight excluding hydrogens is 448 g/mol. The van der Waals surface area contributed by atoms with E-state index in [-0.39, 0.29) is 46.4 Å². The van der Waals surface area contributed by atoms with Crippen molar-refractivity contribution >= 4 is 51.0 Å². The maximum Gasteiger partial charge on any atom is 0.291 e. The zero-order valence-electron chi connectivity index (χ0n) is 17.4. The van der Waals surface area contributed by atoms with E-state index in [9.17, 15) is 9.59 Å². The van der Waals surface area contributed by atoms with E-state index in [0.29, 0.717) is 36.4 Å². The van der Waals surface area contributed by atoms with E-state index < -0.39 is 0 Å². The van der Waals surface area contributed by atoms with Crippen LogP contribution in [0.5, 0.6) is 11.8 Å². The van der Waals surface area contributed by atoms with Crippen LogP contribution < -0.4 is 15.4 Å². The van der Waals surface area contributed by atoms with Gasteiger partial charge in [-0.25, -0.2) is 9.97 Å². The molecule has 33 heavy (non-hydrogen) atoms. The first-order valence-electron chi connectivity index (χ1n) is 10.4. The molecule has 5 heterocycles. The van der Waals surface area contributed by atoms with Crippen LogP contribution in [0.15, 0.2) is 34.7 Å². The molecule has 0 spiro atoms. The van der Waals surface area contributed by atoms with Gasteiger partial charge in [-0.3, -0.25) is 9.59 Å². The Bertz CT molecular complexity index is 1460. The number of anilines is 1. The van der Waals surface area contributed by atoms with E-state index in [0.717, 1.165) is 10.8 Å². The molecule has 3 aromatic heterocycles. The molecule has 0 aliphatic carbocycles. The summed E-state index contributed by atoms with van der Waals surface area (Å²) < 4.78 is 11.6. The fraction of sp³-hybridized carbons (Fsp3) is 0.227. The number of rotatable bonds is 3. The van der Waals surface area contributed by atoms with Crippen molar-refractivity contribution < 1.29 is 18.7 Å². The van der Waals surface area contributed by atoms with Gasteiger partial charge in [0.25, 0.3) is 11.8 Å². The van der Waals surface area contributed by atoms with Crippen molar-refractivity contribution in [3.63, 3.8) is 0 Å². The van der Waals surface area contributed by atoms with Crippen molar-refractivity contribution in [2.75, 3.05) is 25.0 Å². The van der Waals surface area contributed by atoms with Crippen LogP contribution in [0.4, 0.5) is 5.69 Å². The maximum absolute atomic E-state index is 12.5. The van der Waals surface area contributed by atoms with Gasteiger partial charge in [0.15, 0.2) is 0 Å². The Kier molecular flexibility index (Phi) is 4.37. The SMILES string of the molecule is C[C@@H]1CNc2c(oc3ccc4nc(Oc5cc(Cl)nc(C(=O)N6CC6)n5)ccc4c23)C(=O)N1. The average molecular weight is 465 g/mol. The lowest BCUT2D eigenvalue weighted by atomic mass is 10.1. The molecule has 2 aliphatic rings. The summed E-state index contributed by atoms with van der Waals surface area (Å²) >= 11 is 6.06. The third-order valence-electron chi connectivity index (χ3n) is 5.47. The van der Waals surface area contributed by atoms with E-state index >= 15 is 0 Å². The Balaban J connectivity index is 1.38. The molecule has 2 amide bonds. The largest absolute Gasteiger partial charge is 0.449 e. The fourth-order valence-corrected chi connectivity index (χ4v) is 3.98. The fourth-order valence-electron chi connectivity index (χ4n) is 3.81. The highest BCUT2D eigenvalue weighted by Gasteiger charge is 2.29. The number of benzene rings is 1. The highest BCUT2D eigenvalue weighted by molar-refractivity contribution is 6.29. The molecule has 1 atom stereocenters. The van der Waals surface area contributed by atoms with Gasteiger partial charge < -0.3 is 24.7 Å². The van der Waals surface area contributed by atoms with Crippen molar-refractivity contribution in [3.8, 4) is 11.8 Å². The van der Waals surface area contributed by atoms with Crippen LogP contribution >= 0.6 is 11.6 Å². The standard InChI is InChI=1S/C22H17ClN6O4/c1-10-9-24-18-17-11-2-5-15(26-12(11)3-4-13(17)32-19(18)21(30)25-10)33-16-8-14(23)27-20(28-16)22(31)29-6-7-29/h2-5,8,10,24H,6-7,9H2,1H3,(H,25,30)/t10-/m1/s1. The van der Waals surface area contributed by atoms with E-state index in [4.69, 9.17) is 20.8 Å². The van der Waals surface area contributed by atoms with Crippen LogP contribution in [0, 0.1) is 0 Å². The molecule has 0 saturated carbocycles. The monoisotopic (exact) mass is 464 g/mol. The highest BCUT2D eigenvalue weighted by atomic mass is 35.5. The molecule has 1 saturated heterocycles. The quantitative estimate of drug-likeness (QED) is 0.350. The topological polar surface area (TPSA) is 122 Å². The third kappa shape index (κ3) is 3.48. The Morgan fingerprint density at radius 1 is 1.18 bits per heavy atom. The van der Waals surface area contributed by atoms with Crippen molar-refractivity contribution in [3.05, 3.63) is 47.1 Å².